The van der Waals surface area contributed by atoms with E-state index < -0.39 is 17.8 Å². The van der Waals surface area contributed by atoms with Gasteiger partial charge >= 0.3 is 5.97 Å². The lowest BCUT2D eigenvalue weighted by atomic mass is 9.73. The zero-order valence-electron chi connectivity index (χ0n) is 10.8. The van der Waals surface area contributed by atoms with Crippen molar-refractivity contribution < 1.29 is 19.4 Å². The van der Waals surface area contributed by atoms with E-state index in [2.05, 4.69) is 5.32 Å². The summed E-state index contributed by atoms with van der Waals surface area (Å²) in [4.78, 5) is 22.8. The minimum Gasteiger partial charge on any atom is -0.494 e. The van der Waals surface area contributed by atoms with Crippen molar-refractivity contribution in [3.63, 3.8) is 0 Å². The molecular weight excluding hydrogens is 246 g/mol. The van der Waals surface area contributed by atoms with Crippen LogP contribution in [-0.4, -0.2) is 23.6 Å². The standard InChI is InChI=1S/C14H17NO4/c1-2-19-10-5-3-9(4-6-10)15-13(16)11-7-8-12(11)14(17)18/h3-6,11-12H,2,7-8H2,1H3,(H,15,16)(H,17,18). The molecule has 1 saturated carbocycles. The molecule has 1 aliphatic carbocycles. The number of ether oxygens (including phenoxy) is 1. The van der Waals surface area contributed by atoms with E-state index in [0.29, 0.717) is 25.1 Å². The maximum atomic E-state index is 11.9. The molecule has 102 valence electrons. The van der Waals surface area contributed by atoms with Crippen LogP contribution in [0.3, 0.4) is 0 Å². The Morgan fingerprint density at radius 1 is 1.26 bits per heavy atom. The molecule has 19 heavy (non-hydrogen) atoms. The Morgan fingerprint density at radius 2 is 1.89 bits per heavy atom. The number of hydrogen-bond acceptors (Lipinski definition) is 3. The van der Waals surface area contributed by atoms with Crippen LogP contribution in [0.4, 0.5) is 5.69 Å². The largest absolute Gasteiger partial charge is 0.494 e. The summed E-state index contributed by atoms with van der Waals surface area (Å²) in [6.07, 6.45) is 1.22. The summed E-state index contributed by atoms with van der Waals surface area (Å²) >= 11 is 0. The van der Waals surface area contributed by atoms with Gasteiger partial charge in [-0.05, 0) is 44.0 Å². The van der Waals surface area contributed by atoms with E-state index in [1.54, 1.807) is 24.3 Å². The molecule has 2 unspecified atom stereocenters. The maximum Gasteiger partial charge on any atom is 0.307 e. The Hall–Kier alpha value is -2.04. The molecule has 1 aromatic carbocycles. The average Bonchev–Trinajstić information content (AvgIpc) is 2.29. The van der Waals surface area contributed by atoms with Crippen LogP contribution in [0.15, 0.2) is 24.3 Å². The van der Waals surface area contributed by atoms with Crippen LogP contribution < -0.4 is 10.1 Å². The van der Waals surface area contributed by atoms with Crippen LogP contribution >= 0.6 is 0 Å². The Balaban J connectivity index is 1.93. The van der Waals surface area contributed by atoms with E-state index in [0.717, 1.165) is 5.75 Å². The van der Waals surface area contributed by atoms with Crippen molar-refractivity contribution in [2.75, 3.05) is 11.9 Å². The van der Waals surface area contributed by atoms with E-state index in [1.165, 1.54) is 0 Å². The van der Waals surface area contributed by atoms with Gasteiger partial charge in [-0.25, -0.2) is 0 Å². The number of rotatable bonds is 5. The fraction of sp³-hybridized carbons (Fsp3) is 0.429. The highest BCUT2D eigenvalue weighted by molar-refractivity contribution is 5.96. The van der Waals surface area contributed by atoms with Gasteiger partial charge in [-0.3, -0.25) is 9.59 Å². The molecule has 1 fully saturated rings. The van der Waals surface area contributed by atoms with Gasteiger partial charge in [0.2, 0.25) is 5.91 Å². The number of benzene rings is 1. The number of hydrogen-bond donors (Lipinski definition) is 2. The normalized spacial score (nSPS) is 21.3. The maximum absolute atomic E-state index is 11.9. The molecule has 1 aromatic rings. The highest BCUT2D eigenvalue weighted by atomic mass is 16.5. The number of aliphatic carboxylic acids is 1. The van der Waals surface area contributed by atoms with Gasteiger partial charge in [-0.1, -0.05) is 0 Å². The van der Waals surface area contributed by atoms with Gasteiger partial charge in [0.05, 0.1) is 18.4 Å². The predicted molar refractivity (Wildman–Crippen MR) is 70.1 cm³/mol. The number of anilines is 1. The van der Waals surface area contributed by atoms with Crippen LogP contribution in [0.1, 0.15) is 19.8 Å². The summed E-state index contributed by atoms with van der Waals surface area (Å²) in [5.74, 6) is -1.32. The zero-order valence-corrected chi connectivity index (χ0v) is 10.8. The van der Waals surface area contributed by atoms with Crippen molar-refractivity contribution in [3.8, 4) is 5.75 Å². The van der Waals surface area contributed by atoms with Crippen molar-refractivity contribution >= 4 is 17.6 Å². The van der Waals surface area contributed by atoms with Crippen molar-refractivity contribution in [2.24, 2.45) is 11.8 Å². The molecule has 1 amide bonds. The number of amides is 1. The molecule has 2 N–H and O–H groups in total. The van der Waals surface area contributed by atoms with Gasteiger partial charge in [-0.15, -0.1) is 0 Å². The van der Waals surface area contributed by atoms with E-state index in [-0.39, 0.29) is 5.91 Å². The highest BCUT2D eigenvalue weighted by Gasteiger charge is 2.41. The predicted octanol–water partition coefficient (Wildman–Crippen LogP) is 2.13. The lowest BCUT2D eigenvalue weighted by molar-refractivity contribution is -0.151. The van der Waals surface area contributed by atoms with Crippen LogP contribution in [0, 0.1) is 11.8 Å². The highest BCUT2D eigenvalue weighted by Crippen LogP contribution is 2.35. The van der Waals surface area contributed by atoms with E-state index >= 15 is 0 Å². The minimum absolute atomic E-state index is 0.220. The summed E-state index contributed by atoms with van der Waals surface area (Å²) < 4.78 is 5.30. The van der Waals surface area contributed by atoms with E-state index in [1.807, 2.05) is 6.92 Å². The first-order chi connectivity index (χ1) is 9.11. The number of carboxylic acids is 1. The zero-order chi connectivity index (χ0) is 13.8. The summed E-state index contributed by atoms with van der Waals surface area (Å²) in [6, 6.07) is 7.04. The second kappa shape index (κ2) is 5.73. The Bertz CT molecular complexity index is 469. The number of nitrogens with one attached hydrogen (secondary N) is 1. The average molecular weight is 263 g/mol. The first-order valence-electron chi connectivity index (χ1n) is 6.38. The molecule has 0 saturated heterocycles. The molecule has 0 heterocycles. The second-order valence-corrected chi connectivity index (χ2v) is 4.58. The van der Waals surface area contributed by atoms with Gasteiger partial charge in [-0.2, -0.15) is 0 Å². The molecule has 0 spiro atoms. The van der Waals surface area contributed by atoms with E-state index in [4.69, 9.17) is 9.84 Å². The second-order valence-electron chi connectivity index (χ2n) is 4.58. The molecule has 5 heteroatoms. The van der Waals surface area contributed by atoms with Crippen LogP contribution in [0.5, 0.6) is 5.75 Å². The molecule has 0 aliphatic heterocycles. The molecule has 2 rings (SSSR count). The van der Waals surface area contributed by atoms with E-state index in [9.17, 15) is 9.59 Å². The molecule has 0 radical (unpaired) electrons. The van der Waals surface area contributed by atoms with Gasteiger partial charge in [0.15, 0.2) is 0 Å². The summed E-state index contributed by atoms with van der Waals surface area (Å²) in [6.45, 7) is 2.49. The first-order valence-corrected chi connectivity index (χ1v) is 6.38. The van der Waals surface area contributed by atoms with Gasteiger partial charge in [0, 0.05) is 5.69 Å². The Kier molecular flexibility index (Phi) is 4.04. The van der Waals surface area contributed by atoms with Gasteiger partial charge in [0.1, 0.15) is 5.75 Å². The van der Waals surface area contributed by atoms with Crippen molar-refractivity contribution in [2.45, 2.75) is 19.8 Å². The molecular formula is C14H17NO4. The van der Waals surface area contributed by atoms with Crippen molar-refractivity contribution in [3.05, 3.63) is 24.3 Å². The number of carbonyl (C=O) groups excluding carboxylic acids is 1. The lowest BCUT2D eigenvalue weighted by Crippen LogP contribution is -2.41. The summed E-state index contributed by atoms with van der Waals surface area (Å²) in [7, 11) is 0. The molecule has 5 nitrogen and oxygen atoms in total. The monoisotopic (exact) mass is 263 g/mol. The summed E-state index contributed by atoms with van der Waals surface area (Å²) in [5.41, 5.74) is 0.657. The lowest BCUT2D eigenvalue weighted by Gasteiger charge is -2.31. The third-order valence-electron chi connectivity index (χ3n) is 3.36. The Morgan fingerprint density at radius 3 is 2.37 bits per heavy atom. The SMILES string of the molecule is CCOc1ccc(NC(=O)C2CCC2C(=O)O)cc1. The molecule has 0 bridgehead atoms. The van der Waals surface area contributed by atoms with Crippen LogP contribution in [-0.2, 0) is 9.59 Å². The van der Waals surface area contributed by atoms with Crippen molar-refractivity contribution in [1.29, 1.82) is 0 Å². The minimum atomic E-state index is -0.891. The molecule has 2 atom stereocenters. The topological polar surface area (TPSA) is 75.6 Å². The Labute approximate surface area is 111 Å². The quantitative estimate of drug-likeness (QED) is 0.853. The number of carbonyl (C=O) groups is 2. The van der Waals surface area contributed by atoms with Crippen molar-refractivity contribution in [1.82, 2.24) is 0 Å². The fourth-order valence-electron chi connectivity index (χ4n) is 2.15. The third-order valence-corrected chi connectivity index (χ3v) is 3.36. The smallest absolute Gasteiger partial charge is 0.307 e. The molecule has 1 aliphatic rings. The molecule has 0 aromatic heterocycles. The van der Waals surface area contributed by atoms with Crippen LogP contribution in [0.2, 0.25) is 0 Å². The van der Waals surface area contributed by atoms with Crippen LogP contribution in [0.25, 0.3) is 0 Å². The first kappa shape index (κ1) is 13.4. The fourth-order valence-corrected chi connectivity index (χ4v) is 2.15. The summed E-state index contributed by atoms with van der Waals surface area (Å²) in [5, 5.41) is 11.7. The number of carboxylic acid groups (broad SMARTS) is 1. The van der Waals surface area contributed by atoms with Gasteiger partial charge in [0.25, 0.3) is 0 Å². The van der Waals surface area contributed by atoms with Gasteiger partial charge < -0.3 is 15.2 Å². The third kappa shape index (κ3) is 3.05.